The molecule has 0 fully saturated rings. The van der Waals surface area contributed by atoms with Crippen molar-refractivity contribution in [2.24, 2.45) is 10.9 Å². The fourth-order valence-electron chi connectivity index (χ4n) is 1.01. The Kier molecular flexibility index (Phi) is 9.41. The Bertz CT molecular complexity index is 214. The number of ether oxygens (including phenoxy) is 1. The SMILES string of the molecule is C=N/C(=C(/OC)C(=C)C)C(C)C.CC. The van der Waals surface area contributed by atoms with Gasteiger partial charge in [0.15, 0.2) is 0 Å². The zero-order chi connectivity index (χ0) is 11.7. The van der Waals surface area contributed by atoms with Crippen LogP contribution in [0.1, 0.15) is 34.6 Å². The van der Waals surface area contributed by atoms with Crippen LogP contribution in [0.25, 0.3) is 0 Å². The van der Waals surface area contributed by atoms with E-state index in [0.717, 1.165) is 17.0 Å². The summed E-state index contributed by atoms with van der Waals surface area (Å²) in [4.78, 5) is 3.92. The highest BCUT2D eigenvalue weighted by Crippen LogP contribution is 2.20. The van der Waals surface area contributed by atoms with Crippen LogP contribution in [0, 0.1) is 5.92 Å². The Morgan fingerprint density at radius 3 is 1.79 bits per heavy atom. The Hall–Kier alpha value is -1.05. The molecule has 14 heavy (non-hydrogen) atoms. The first-order valence-corrected chi connectivity index (χ1v) is 4.95. The number of methoxy groups -OCH3 is 1. The van der Waals surface area contributed by atoms with Crippen LogP contribution in [0.3, 0.4) is 0 Å². The van der Waals surface area contributed by atoms with Crippen LogP contribution < -0.4 is 0 Å². The number of nitrogens with zero attached hydrogens (tertiary/aromatic N) is 1. The van der Waals surface area contributed by atoms with Gasteiger partial charge in [0.2, 0.25) is 0 Å². The third kappa shape index (κ3) is 4.85. The monoisotopic (exact) mass is 197 g/mol. The molecule has 0 bridgehead atoms. The predicted octanol–water partition coefficient (Wildman–Crippen LogP) is 3.80. The van der Waals surface area contributed by atoms with E-state index >= 15 is 0 Å². The van der Waals surface area contributed by atoms with E-state index < -0.39 is 0 Å². The molecule has 2 heteroatoms. The number of rotatable bonds is 4. The van der Waals surface area contributed by atoms with Crippen LogP contribution in [0.15, 0.2) is 28.6 Å². The highest BCUT2D eigenvalue weighted by atomic mass is 16.5. The van der Waals surface area contributed by atoms with Gasteiger partial charge in [-0.1, -0.05) is 34.3 Å². The lowest BCUT2D eigenvalue weighted by atomic mass is 10.1. The van der Waals surface area contributed by atoms with Crippen molar-refractivity contribution in [3.05, 3.63) is 23.6 Å². The summed E-state index contributed by atoms with van der Waals surface area (Å²) in [6.45, 7) is 17.3. The molecule has 0 unspecified atom stereocenters. The van der Waals surface area contributed by atoms with Crippen LogP contribution in [0.2, 0.25) is 0 Å². The lowest BCUT2D eigenvalue weighted by Crippen LogP contribution is -2.00. The molecule has 0 aromatic heterocycles. The summed E-state index contributed by atoms with van der Waals surface area (Å²) in [6, 6.07) is 0. The van der Waals surface area contributed by atoms with E-state index in [1.807, 2.05) is 34.6 Å². The van der Waals surface area contributed by atoms with Crippen molar-refractivity contribution in [3.63, 3.8) is 0 Å². The standard InChI is InChI=1S/C10H17NO.C2H6/c1-7(2)9(11-5)10(12-6)8(3)4;1-2/h7H,3,5H2,1-2,4,6H3;1-2H3/b10-9+;. The van der Waals surface area contributed by atoms with E-state index in [1.54, 1.807) is 7.11 Å². The van der Waals surface area contributed by atoms with Gasteiger partial charge in [-0.05, 0) is 25.1 Å². The second-order valence-corrected chi connectivity index (χ2v) is 3.01. The third-order valence-electron chi connectivity index (χ3n) is 1.54. The van der Waals surface area contributed by atoms with Crippen molar-refractivity contribution in [1.82, 2.24) is 0 Å². The zero-order valence-corrected chi connectivity index (χ0v) is 10.3. The zero-order valence-electron chi connectivity index (χ0n) is 10.3. The fraction of sp³-hybridized carbons (Fsp3) is 0.583. The van der Waals surface area contributed by atoms with E-state index in [1.165, 1.54) is 0 Å². The Morgan fingerprint density at radius 2 is 1.71 bits per heavy atom. The molecule has 0 aromatic carbocycles. The van der Waals surface area contributed by atoms with Crippen molar-refractivity contribution in [2.45, 2.75) is 34.6 Å². The van der Waals surface area contributed by atoms with Crippen molar-refractivity contribution in [1.29, 1.82) is 0 Å². The minimum Gasteiger partial charge on any atom is -0.495 e. The summed E-state index contributed by atoms with van der Waals surface area (Å²) < 4.78 is 5.17. The maximum Gasteiger partial charge on any atom is 0.142 e. The Balaban J connectivity index is 0. The van der Waals surface area contributed by atoms with Gasteiger partial charge in [-0.15, -0.1) is 0 Å². The molecule has 0 heterocycles. The first-order valence-electron chi connectivity index (χ1n) is 4.95. The van der Waals surface area contributed by atoms with Crippen molar-refractivity contribution < 1.29 is 4.74 Å². The highest BCUT2D eigenvalue weighted by Gasteiger charge is 2.09. The lowest BCUT2D eigenvalue weighted by molar-refractivity contribution is 0.292. The molecule has 0 atom stereocenters. The third-order valence-corrected chi connectivity index (χ3v) is 1.54. The first kappa shape index (κ1) is 15.4. The normalized spacial score (nSPS) is 11.1. The number of hydrogen-bond donors (Lipinski definition) is 0. The van der Waals surface area contributed by atoms with Gasteiger partial charge in [-0.25, -0.2) is 0 Å². The maximum atomic E-state index is 5.17. The van der Waals surface area contributed by atoms with Gasteiger partial charge in [-0.3, -0.25) is 4.99 Å². The summed E-state index contributed by atoms with van der Waals surface area (Å²) >= 11 is 0. The highest BCUT2D eigenvalue weighted by molar-refractivity contribution is 5.35. The Morgan fingerprint density at radius 1 is 1.29 bits per heavy atom. The molecule has 0 amide bonds. The molecule has 0 spiro atoms. The maximum absolute atomic E-state index is 5.17. The topological polar surface area (TPSA) is 21.6 Å². The van der Waals surface area contributed by atoms with Crippen molar-refractivity contribution in [2.75, 3.05) is 7.11 Å². The quantitative estimate of drug-likeness (QED) is 0.381. The molecule has 82 valence electrons. The van der Waals surface area contributed by atoms with E-state index in [-0.39, 0.29) is 0 Å². The van der Waals surface area contributed by atoms with Gasteiger partial charge in [0.1, 0.15) is 5.76 Å². The van der Waals surface area contributed by atoms with E-state index in [0.29, 0.717) is 5.92 Å². The second-order valence-electron chi connectivity index (χ2n) is 3.01. The van der Waals surface area contributed by atoms with Gasteiger partial charge in [0, 0.05) is 0 Å². The van der Waals surface area contributed by atoms with Gasteiger partial charge in [0.05, 0.1) is 12.8 Å². The van der Waals surface area contributed by atoms with Gasteiger partial charge < -0.3 is 4.74 Å². The minimum atomic E-state index is 0.314. The van der Waals surface area contributed by atoms with Crippen molar-refractivity contribution in [3.8, 4) is 0 Å². The van der Waals surface area contributed by atoms with Gasteiger partial charge in [0.25, 0.3) is 0 Å². The smallest absolute Gasteiger partial charge is 0.142 e. The summed E-state index contributed by atoms with van der Waals surface area (Å²) in [5.74, 6) is 1.06. The van der Waals surface area contributed by atoms with Crippen LogP contribution in [0.5, 0.6) is 0 Å². The van der Waals surface area contributed by atoms with E-state index in [9.17, 15) is 0 Å². The summed E-state index contributed by atoms with van der Waals surface area (Å²) in [5, 5.41) is 0. The van der Waals surface area contributed by atoms with E-state index in [4.69, 9.17) is 4.74 Å². The average Bonchev–Trinajstić information content (AvgIpc) is 2.15. The van der Waals surface area contributed by atoms with Crippen LogP contribution in [0.4, 0.5) is 0 Å². The number of allylic oxidation sites excluding steroid dienone is 2. The largest absolute Gasteiger partial charge is 0.495 e. The van der Waals surface area contributed by atoms with Crippen molar-refractivity contribution >= 4 is 6.72 Å². The summed E-state index contributed by atoms with van der Waals surface area (Å²) in [5.41, 5.74) is 1.75. The molecule has 2 nitrogen and oxygen atoms in total. The predicted molar refractivity (Wildman–Crippen MR) is 64.6 cm³/mol. The van der Waals surface area contributed by atoms with Crippen LogP contribution >= 0.6 is 0 Å². The molecule has 0 aliphatic rings. The molecular formula is C12H23NO. The number of hydrogen-bond acceptors (Lipinski definition) is 2. The summed E-state index contributed by atoms with van der Waals surface area (Å²) in [7, 11) is 1.62. The molecule has 0 N–H and O–H groups in total. The van der Waals surface area contributed by atoms with Gasteiger partial charge in [-0.2, -0.15) is 0 Å². The molecular weight excluding hydrogens is 174 g/mol. The molecule has 0 aliphatic carbocycles. The fourth-order valence-corrected chi connectivity index (χ4v) is 1.01. The summed E-state index contributed by atoms with van der Waals surface area (Å²) in [6.07, 6.45) is 0. The average molecular weight is 197 g/mol. The van der Waals surface area contributed by atoms with E-state index in [2.05, 4.69) is 18.3 Å². The first-order chi connectivity index (χ1) is 6.54. The lowest BCUT2D eigenvalue weighted by Gasteiger charge is -2.12. The second kappa shape index (κ2) is 8.54. The van der Waals surface area contributed by atoms with Crippen LogP contribution in [-0.2, 0) is 4.74 Å². The van der Waals surface area contributed by atoms with Gasteiger partial charge >= 0.3 is 0 Å². The molecule has 0 rings (SSSR count). The molecule has 0 radical (unpaired) electrons. The molecule has 0 aliphatic heterocycles. The number of aliphatic imine (C=N–C) groups is 1. The minimum absolute atomic E-state index is 0.314. The molecule has 0 saturated carbocycles. The molecule has 0 saturated heterocycles. The Labute approximate surface area is 88.4 Å². The molecule has 0 aromatic rings. The van der Waals surface area contributed by atoms with Crippen LogP contribution in [-0.4, -0.2) is 13.8 Å².